The number of rotatable bonds is 3. The van der Waals surface area contributed by atoms with E-state index in [0.717, 1.165) is 5.88 Å². The van der Waals surface area contributed by atoms with Gasteiger partial charge in [0.05, 0.1) is 6.04 Å². The summed E-state index contributed by atoms with van der Waals surface area (Å²) >= 11 is 1.78. The third-order valence-corrected chi connectivity index (χ3v) is 1.90. The van der Waals surface area contributed by atoms with Gasteiger partial charge in [-0.3, -0.25) is 4.90 Å². The van der Waals surface area contributed by atoms with Gasteiger partial charge in [-0.1, -0.05) is 5.92 Å². The van der Waals surface area contributed by atoms with Crippen LogP contribution in [0, 0.1) is 12.3 Å². The van der Waals surface area contributed by atoms with Gasteiger partial charge in [0.15, 0.2) is 0 Å². The van der Waals surface area contributed by atoms with Crippen LogP contribution < -0.4 is 0 Å². The Morgan fingerprint density at radius 2 is 2.33 bits per heavy atom. The van der Waals surface area contributed by atoms with Gasteiger partial charge in [-0.2, -0.15) is 0 Å². The van der Waals surface area contributed by atoms with Gasteiger partial charge in [-0.05, 0) is 20.2 Å². The van der Waals surface area contributed by atoms with Crippen molar-refractivity contribution >= 4 is 11.8 Å². The monoisotopic (exact) mass is 143 g/mol. The Kier molecular flexibility index (Phi) is 4.65. The molecule has 0 bridgehead atoms. The first-order valence-electron chi connectivity index (χ1n) is 2.87. The highest BCUT2D eigenvalue weighted by atomic mass is 32.2. The molecule has 1 nitrogen and oxygen atoms in total. The molecule has 0 aromatic rings. The van der Waals surface area contributed by atoms with E-state index in [1.165, 1.54) is 0 Å². The Bertz CT molecular complexity index is 106. The lowest BCUT2D eigenvalue weighted by molar-refractivity contribution is 0.359. The van der Waals surface area contributed by atoms with Crippen molar-refractivity contribution in [2.75, 3.05) is 19.2 Å². The van der Waals surface area contributed by atoms with Crippen LogP contribution in [0.3, 0.4) is 0 Å². The van der Waals surface area contributed by atoms with Gasteiger partial charge in [0.2, 0.25) is 0 Å². The minimum absolute atomic E-state index is 0.262. The summed E-state index contributed by atoms with van der Waals surface area (Å²) in [6.45, 7) is 2.02. The zero-order chi connectivity index (χ0) is 7.28. The van der Waals surface area contributed by atoms with Gasteiger partial charge in [-0.25, -0.2) is 0 Å². The molecule has 9 heavy (non-hydrogen) atoms. The first-order chi connectivity index (χ1) is 4.22. The molecule has 0 saturated heterocycles. The minimum Gasteiger partial charge on any atom is -0.284 e. The van der Waals surface area contributed by atoms with Gasteiger partial charge in [0, 0.05) is 5.88 Å². The predicted molar refractivity (Wildman–Crippen MR) is 44.4 cm³/mol. The lowest BCUT2D eigenvalue weighted by Crippen LogP contribution is -2.26. The van der Waals surface area contributed by atoms with Crippen molar-refractivity contribution in [2.45, 2.75) is 13.0 Å². The molecule has 0 fully saturated rings. The maximum Gasteiger partial charge on any atom is 0.0687 e. The summed E-state index contributed by atoms with van der Waals surface area (Å²) in [7, 11) is 2.03. The van der Waals surface area contributed by atoms with Crippen LogP contribution in [-0.2, 0) is 0 Å². The number of hydrogen-bond donors (Lipinski definition) is 0. The molecular weight excluding hydrogens is 130 g/mol. The fraction of sp³-hybridized carbons (Fsp3) is 0.714. The molecule has 0 spiro atoms. The van der Waals surface area contributed by atoms with E-state index in [1.54, 1.807) is 11.8 Å². The normalized spacial score (nSPS) is 13.2. The molecule has 0 aromatic heterocycles. The molecule has 0 radical (unpaired) electrons. The molecule has 1 atom stereocenters. The van der Waals surface area contributed by atoms with E-state index in [9.17, 15) is 0 Å². The quantitative estimate of drug-likeness (QED) is 0.432. The number of terminal acetylenes is 1. The Morgan fingerprint density at radius 3 is 2.67 bits per heavy atom. The maximum absolute atomic E-state index is 5.20. The average molecular weight is 143 g/mol. The van der Waals surface area contributed by atoms with Crippen LogP contribution in [0.15, 0.2) is 0 Å². The highest BCUT2D eigenvalue weighted by Crippen LogP contribution is 1.99. The van der Waals surface area contributed by atoms with Gasteiger partial charge < -0.3 is 0 Å². The van der Waals surface area contributed by atoms with E-state index < -0.39 is 0 Å². The summed E-state index contributed by atoms with van der Waals surface area (Å²) in [5, 5.41) is 0. The van der Waals surface area contributed by atoms with E-state index >= 15 is 0 Å². The molecule has 2 heteroatoms. The van der Waals surface area contributed by atoms with Crippen molar-refractivity contribution in [2.24, 2.45) is 0 Å². The molecule has 0 aliphatic heterocycles. The van der Waals surface area contributed by atoms with E-state index in [4.69, 9.17) is 6.42 Å². The molecule has 52 valence electrons. The van der Waals surface area contributed by atoms with Crippen LogP contribution in [0.2, 0.25) is 0 Å². The standard InChI is InChI=1S/C7H13NS/c1-5-7(2)8(3)6-9-4/h1,7H,6H2,2-4H3. The smallest absolute Gasteiger partial charge is 0.0687 e. The van der Waals surface area contributed by atoms with Gasteiger partial charge >= 0.3 is 0 Å². The molecule has 0 aromatic carbocycles. The summed E-state index contributed by atoms with van der Waals surface area (Å²) < 4.78 is 0. The van der Waals surface area contributed by atoms with Gasteiger partial charge in [-0.15, -0.1) is 18.2 Å². The van der Waals surface area contributed by atoms with Crippen molar-refractivity contribution in [1.82, 2.24) is 4.90 Å². The van der Waals surface area contributed by atoms with Crippen LogP contribution in [0.25, 0.3) is 0 Å². The Morgan fingerprint density at radius 1 is 1.78 bits per heavy atom. The van der Waals surface area contributed by atoms with E-state index in [1.807, 2.05) is 14.0 Å². The van der Waals surface area contributed by atoms with Crippen molar-refractivity contribution in [3.63, 3.8) is 0 Å². The van der Waals surface area contributed by atoms with Crippen molar-refractivity contribution in [3.05, 3.63) is 0 Å². The van der Waals surface area contributed by atoms with Crippen molar-refractivity contribution in [1.29, 1.82) is 0 Å². The Labute approximate surface area is 61.8 Å². The van der Waals surface area contributed by atoms with Gasteiger partial charge in [0.1, 0.15) is 0 Å². The average Bonchev–Trinajstić information content (AvgIpc) is 1.87. The number of thioether (sulfide) groups is 1. The fourth-order valence-corrected chi connectivity index (χ4v) is 1.07. The first kappa shape index (κ1) is 8.87. The zero-order valence-electron chi connectivity index (χ0n) is 6.22. The fourth-order valence-electron chi connectivity index (χ4n) is 0.443. The molecular formula is C7H13NS. The predicted octanol–water partition coefficient (Wildman–Crippen LogP) is 1.26. The van der Waals surface area contributed by atoms with Crippen LogP contribution in [0.1, 0.15) is 6.92 Å². The largest absolute Gasteiger partial charge is 0.284 e. The highest BCUT2D eigenvalue weighted by molar-refractivity contribution is 7.98. The zero-order valence-corrected chi connectivity index (χ0v) is 7.03. The second-order valence-electron chi connectivity index (χ2n) is 2.02. The lowest BCUT2D eigenvalue weighted by Gasteiger charge is -2.17. The summed E-state index contributed by atoms with van der Waals surface area (Å²) in [6.07, 6.45) is 7.27. The molecule has 0 N–H and O–H groups in total. The summed E-state index contributed by atoms with van der Waals surface area (Å²) in [5.41, 5.74) is 0. The Hall–Kier alpha value is -0.130. The summed E-state index contributed by atoms with van der Waals surface area (Å²) in [5.74, 6) is 3.67. The molecule has 0 saturated carbocycles. The molecule has 0 amide bonds. The lowest BCUT2D eigenvalue weighted by atomic mass is 10.3. The molecule has 1 unspecified atom stereocenters. The molecule has 0 aliphatic rings. The Balaban J connectivity index is 3.48. The maximum atomic E-state index is 5.20. The second-order valence-corrected chi connectivity index (χ2v) is 2.85. The number of nitrogens with zero attached hydrogens (tertiary/aromatic N) is 1. The van der Waals surface area contributed by atoms with E-state index in [2.05, 4.69) is 17.1 Å². The van der Waals surface area contributed by atoms with Crippen molar-refractivity contribution in [3.8, 4) is 12.3 Å². The van der Waals surface area contributed by atoms with Crippen molar-refractivity contribution < 1.29 is 0 Å². The minimum atomic E-state index is 0.262. The SMILES string of the molecule is C#CC(C)N(C)CSC. The third kappa shape index (κ3) is 3.45. The molecule has 0 aliphatic carbocycles. The molecule has 0 heterocycles. The summed E-state index contributed by atoms with van der Waals surface area (Å²) in [6, 6.07) is 0.262. The first-order valence-corrected chi connectivity index (χ1v) is 4.27. The third-order valence-electron chi connectivity index (χ3n) is 1.24. The van der Waals surface area contributed by atoms with Crippen LogP contribution in [0.5, 0.6) is 0 Å². The topological polar surface area (TPSA) is 3.24 Å². The van der Waals surface area contributed by atoms with Crippen LogP contribution in [0.4, 0.5) is 0 Å². The van der Waals surface area contributed by atoms with E-state index in [0.29, 0.717) is 0 Å². The highest BCUT2D eigenvalue weighted by Gasteiger charge is 2.01. The molecule has 0 rings (SSSR count). The van der Waals surface area contributed by atoms with Gasteiger partial charge in [0.25, 0.3) is 0 Å². The number of hydrogen-bond acceptors (Lipinski definition) is 2. The van der Waals surface area contributed by atoms with E-state index in [-0.39, 0.29) is 6.04 Å². The summed E-state index contributed by atoms with van der Waals surface area (Å²) in [4.78, 5) is 2.13. The second kappa shape index (κ2) is 4.72. The van der Waals surface area contributed by atoms with Crippen LogP contribution in [-0.4, -0.2) is 30.1 Å². The van der Waals surface area contributed by atoms with Crippen LogP contribution >= 0.6 is 11.8 Å².